The van der Waals surface area contributed by atoms with Crippen LogP contribution < -0.4 is 5.32 Å². The van der Waals surface area contributed by atoms with Crippen LogP contribution in [-0.2, 0) is 16.8 Å². The molecule has 0 aromatic heterocycles. The van der Waals surface area contributed by atoms with Gasteiger partial charge in [0.25, 0.3) is 0 Å². The minimum Gasteiger partial charge on any atom is -0.385 e. The van der Waals surface area contributed by atoms with Gasteiger partial charge in [0.1, 0.15) is 0 Å². The van der Waals surface area contributed by atoms with Crippen molar-refractivity contribution in [3.8, 4) is 0 Å². The molecular formula is C19H26F3NO2. The lowest BCUT2D eigenvalue weighted by atomic mass is 9.81. The molecule has 0 spiro atoms. The molecule has 1 aromatic rings. The van der Waals surface area contributed by atoms with Crippen molar-refractivity contribution in [1.29, 1.82) is 0 Å². The first-order chi connectivity index (χ1) is 11.8. The normalized spacial score (nSPS) is 18.2. The fraction of sp³-hybridized carbons (Fsp3) is 0.632. The van der Waals surface area contributed by atoms with Crippen molar-refractivity contribution in [2.75, 3.05) is 6.54 Å². The van der Waals surface area contributed by atoms with Crippen molar-refractivity contribution in [2.24, 2.45) is 0 Å². The first-order valence-electron chi connectivity index (χ1n) is 8.98. The lowest BCUT2D eigenvalue weighted by Gasteiger charge is -2.31. The van der Waals surface area contributed by atoms with Gasteiger partial charge in [-0.1, -0.05) is 56.4 Å². The number of nitrogens with one attached hydrogen (secondary N) is 1. The molecule has 140 valence electrons. The Morgan fingerprint density at radius 1 is 1.12 bits per heavy atom. The Kier molecular flexibility index (Phi) is 6.87. The number of aliphatic hydroxyl groups is 1. The number of halogens is 3. The van der Waals surface area contributed by atoms with Crippen molar-refractivity contribution >= 4 is 5.91 Å². The lowest BCUT2D eigenvalue weighted by Crippen LogP contribution is -2.37. The van der Waals surface area contributed by atoms with Gasteiger partial charge in [-0.25, -0.2) is 0 Å². The largest absolute Gasteiger partial charge is 0.471 e. The Hall–Kier alpha value is -1.56. The van der Waals surface area contributed by atoms with Crippen molar-refractivity contribution in [2.45, 2.75) is 69.6 Å². The minimum atomic E-state index is -4.83. The van der Waals surface area contributed by atoms with E-state index in [4.69, 9.17) is 0 Å². The molecule has 0 saturated heterocycles. The average Bonchev–Trinajstić information content (AvgIpc) is 2.54. The third kappa shape index (κ3) is 6.03. The second kappa shape index (κ2) is 8.70. The van der Waals surface area contributed by atoms with Crippen molar-refractivity contribution < 1.29 is 23.1 Å². The number of carbonyl (C=O) groups excluding carboxylic acids is 1. The van der Waals surface area contributed by atoms with E-state index in [1.165, 1.54) is 6.42 Å². The molecule has 0 radical (unpaired) electrons. The predicted octanol–water partition coefficient (Wildman–Crippen LogP) is 4.23. The Balaban J connectivity index is 1.91. The number of alkyl halides is 3. The van der Waals surface area contributed by atoms with Gasteiger partial charge in [-0.15, -0.1) is 0 Å². The van der Waals surface area contributed by atoms with E-state index in [1.807, 2.05) is 29.6 Å². The molecule has 1 amide bonds. The molecule has 0 aliphatic heterocycles. The van der Waals surface area contributed by atoms with Crippen LogP contribution in [0.4, 0.5) is 13.2 Å². The van der Waals surface area contributed by atoms with Crippen LogP contribution in [0.3, 0.4) is 0 Å². The SMILES string of the molecule is O=C(NCCCc1cccc(C2(O)CCCCCCC2)c1)C(F)(F)F. The first kappa shape index (κ1) is 19.8. The summed E-state index contributed by atoms with van der Waals surface area (Å²) < 4.78 is 36.4. The monoisotopic (exact) mass is 357 g/mol. The zero-order valence-electron chi connectivity index (χ0n) is 14.4. The number of carbonyl (C=O) groups is 1. The van der Waals surface area contributed by atoms with Crippen molar-refractivity contribution in [1.82, 2.24) is 5.32 Å². The van der Waals surface area contributed by atoms with Crippen molar-refractivity contribution in [3.05, 3.63) is 35.4 Å². The molecule has 1 fully saturated rings. The van der Waals surface area contributed by atoms with E-state index in [9.17, 15) is 23.1 Å². The molecular weight excluding hydrogens is 331 g/mol. The number of hydrogen-bond donors (Lipinski definition) is 2. The molecule has 1 aliphatic rings. The zero-order valence-corrected chi connectivity index (χ0v) is 14.4. The van der Waals surface area contributed by atoms with Gasteiger partial charge in [-0.05, 0) is 36.8 Å². The second-order valence-electron chi connectivity index (χ2n) is 6.86. The Morgan fingerprint density at radius 2 is 1.76 bits per heavy atom. The highest BCUT2D eigenvalue weighted by Crippen LogP contribution is 2.35. The molecule has 0 unspecified atom stereocenters. The topological polar surface area (TPSA) is 49.3 Å². The van der Waals surface area contributed by atoms with E-state index in [2.05, 4.69) is 0 Å². The summed E-state index contributed by atoms with van der Waals surface area (Å²) in [5.74, 6) is -1.90. The molecule has 25 heavy (non-hydrogen) atoms. The molecule has 2 rings (SSSR count). The minimum absolute atomic E-state index is 0.0210. The van der Waals surface area contributed by atoms with Gasteiger partial charge in [-0.3, -0.25) is 4.79 Å². The van der Waals surface area contributed by atoms with Gasteiger partial charge < -0.3 is 10.4 Å². The third-order valence-corrected chi connectivity index (χ3v) is 4.83. The standard InChI is InChI=1S/C19H26F3NO2/c20-19(21,22)17(24)23-13-7-9-15-8-6-10-16(14-15)18(25)11-4-2-1-3-5-12-18/h6,8,10,14,25H,1-5,7,9,11-13H2,(H,23,24). The van der Waals surface area contributed by atoms with Crippen LogP contribution in [0.5, 0.6) is 0 Å². The fourth-order valence-corrected chi connectivity index (χ4v) is 3.39. The number of rotatable bonds is 5. The smallest absolute Gasteiger partial charge is 0.385 e. The summed E-state index contributed by atoms with van der Waals surface area (Å²) in [5, 5.41) is 12.9. The van der Waals surface area contributed by atoms with Crippen LogP contribution >= 0.6 is 0 Å². The quantitative estimate of drug-likeness (QED) is 0.775. The molecule has 1 aromatic carbocycles. The number of hydrogen-bond acceptors (Lipinski definition) is 2. The van der Waals surface area contributed by atoms with Crippen LogP contribution in [0.2, 0.25) is 0 Å². The highest BCUT2D eigenvalue weighted by atomic mass is 19.4. The van der Waals surface area contributed by atoms with Gasteiger partial charge in [0.2, 0.25) is 0 Å². The molecule has 0 heterocycles. The summed E-state index contributed by atoms with van der Waals surface area (Å²) in [6.07, 6.45) is 3.15. The van der Waals surface area contributed by atoms with Crippen LogP contribution in [0.25, 0.3) is 0 Å². The highest BCUT2D eigenvalue weighted by molar-refractivity contribution is 5.81. The Bertz CT molecular complexity index is 564. The molecule has 0 atom stereocenters. The molecule has 1 aliphatic carbocycles. The number of benzene rings is 1. The zero-order chi connectivity index (χ0) is 18.3. The predicted molar refractivity (Wildman–Crippen MR) is 90.0 cm³/mol. The Labute approximate surface area is 146 Å². The van der Waals surface area contributed by atoms with Crippen LogP contribution in [0.15, 0.2) is 24.3 Å². The summed E-state index contributed by atoms with van der Waals surface area (Å²) in [4.78, 5) is 10.8. The summed E-state index contributed by atoms with van der Waals surface area (Å²) >= 11 is 0. The van der Waals surface area contributed by atoms with E-state index < -0.39 is 17.7 Å². The van der Waals surface area contributed by atoms with Gasteiger partial charge in [0.05, 0.1) is 5.60 Å². The van der Waals surface area contributed by atoms with E-state index in [0.717, 1.165) is 49.7 Å². The van der Waals surface area contributed by atoms with Gasteiger partial charge in [-0.2, -0.15) is 13.2 Å². The molecule has 2 N–H and O–H groups in total. The van der Waals surface area contributed by atoms with E-state index in [-0.39, 0.29) is 6.54 Å². The van der Waals surface area contributed by atoms with Gasteiger partial charge >= 0.3 is 12.1 Å². The summed E-state index contributed by atoms with van der Waals surface area (Å²) in [6.45, 7) is -0.0210. The lowest BCUT2D eigenvalue weighted by molar-refractivity contribution is -0.173. The van der Waals surface area contributed by atoms with Gasteiger partial charge in [0.15, 0.2) is 0 Å². The fourth-order valence-electron chi connectivity index (χ4n) is 3.39. The van der Waals surface area contributed by atoms with Gasteiger partial charge in [0, 0.05) is 6.54 Å². The number of amides is 1. The first-order valence-corrected chi connectivity index (χ1v) is 8.98. The number of aryl methyl sites for hydroxylation is 1. The van der Waals surface area contributed by atoms with Crippen LogP contribution in [0, 0.1) is 0 Å². The summed E-state index contributed by atoms with van der Waals surface area (Å²) in [7, 11) is 0. The van der Waals surface area contributed by atoms with E-state index >= 15 is 0 Å². The second-order valence-corrected chi connectivity index (χ2v) is 6.86. The average molecular weight is 357 g/mol. The van der Waals surface area contributed by atoms with Crippen LogP contribution in [-0.4, -0.2) is 23.7 Å². The highest BCUT2D eigenvalue weighted by Gasteiger charge is 2.38. The third-order valence-electron chi connectivity index (χ3n) is 4.83. The van der Waals surface area contributed by atoms with Crippen LogP contribution in [0.1, 0.15) is 62.5 Å². The molecule has 6 heteroatoms. The molecule has 1 saturated carbocycles. The summed E-state index contributed by atoms with van der Waals surface area (Å²) in [6, 6.07) is 7.67. The molecule has 0 bridgehead atoms. The maximum absolute atomic E-state index is 12.1. The maximum atomic E-state index is 12.1. The van der Waals surface area contributed by atoms with Crippen molar-refractivity contribution in [3.63, 3.8) is 0 Å². The molecule has 3 nitrogen and oxygen atoms in total. The van der Waals surface area contributed by atoms with E-state index in [1.54, 1.807) is 0 Å². The summed E-state index contributed by atoms with van der Waals surface area (Å²) in [5.41, 5.74) is 1.06. The Morgan fingerprint density at radius 3 is 2.40 bits per heavy atom. The maximum Gasteiger partial charge on any atom is 0.471 e. The van der Waals surface area contributed by atoms with E-state index in [0.29, 0.717) is 12.8 Å².